The fourth-order valence-corrected chi connectivity index (χ4v) is 5.63. The Bertz CT molecular complexity index is 1250. The molecule has 35 heavy (non-hydrogen) atoms. The standard InChI is InChI=1S/C27H30FN3O3S/c1-20-5-15-26(16-6-20)35(33,34)31(25-13-9-23(28)10-14-25)19-27(32)29-21(2)22-7-11-24(12-8-22)30-17-3-4-18-30/h5-16,21H,3-4,17-19H2,1-2H3,(H,29,32). The number of benzene rings is 3. The third kappa shape index (κ3) is 5.82. The molecule has 3 aromatic rings. The highest BCUT2D eigenvalue weighted by molar-refractivity contribution is 7.92. The van der Waals surface area contributed by atoms with Gasteiger partial charge in [0.15, 0.2) is 0 Å². The highest BCUT2D eigenvalue weighted by Crippen LogP contribution is 2.25. The fourth-order valence-electron chi connectivity index (χ4n) is 4.21. The molecule has 1 aliphatic rings. The highest BCUT2D eigenvalue weighted by atomic mass is 32.2. The third-order valence-corrected chi connectivity index (χ3v) is 8.04. The van der Waals surface area contributed by atoms with Crippen molar-refractivity contribution in [2.75, 3.05) is 28.8 Å². The smallest absolute Gasteiger partial charge is 0.264 e. The van der Waals surface area contributed by atoms with E-state index >= 15 is 0 Å². The molecule has 3 aromatic carbocycles. The van der Waals surface area contributed by atoms with Crippen LogP contribution in [0.1, 0.15) is 36.9 Å². The van der Waals surface area contributed by atoms with Crippen molar-refractivity contribution in [3.63, 3.8) is 0 Å². The first-order valence-corrected chi connectivity index (χ1v) is 13.2. The first kappa shape index (κ1) is 24.7. The Morgan fingerprint density at radius 1 is 0.971 bits per heavy atom. The lowest BCUT2D eigenvalue weighted by Crippen LogP contribution is -2.41. The van der Waals surface area contributed by atoms with Gasteiger partial charge in [-0.15, -0.1) is 0 Å². The van der Waals surface area contributed by atoms with Crippen molar-refractivity contribution < 1.29 is 17.6 Å². The largest absolute Gasteiger partial charge is 0.372 e. The summed E-state index contributed by atoms with van der Waals surface area (Å²) < 4.78 is 41.4. The minimum absolute atomic E-state index is 0.0609. The van der Waals surface area contributed by atoms with Gasteiger partial charge < -0.3 is 10.2 Å². The van der Waals surface area contributed by atoms with Gasteiger partial charge in [-0.1, -0.05) is 29.8 Å². The molecule has 1 atom stereocenters. The normalized spacial score (nSPS) is 14.5. The Hall–Kier alpha value is -3.39. The monoisotopic (exact) mass is 495 g/mol. The molecule has 0 bridgehead atoms. The Balaban J connectivity index is 1.51. The zero-order chi connectivity index (χ0) is 25.0. The van der Waals surface area contributed by atoms with E-state index in [1.54, 1.807) is 12.1 Å². The number of amides is 1. The van der Waals surface area contributed by atoms with Crippen molar-refractivity contribution in [1.29, 1.82) is 0 Å². The highest BCUT2D eigenvalue weighted by Gasteiger charge is 2.28. The van der Waals surface area contributed by atoms with Crippen LogP contribution in [0.3, 0.4) is 0 Å². The molecule has 1 aliphatic heterocycles. The molecule has 0 saturated carbocycles. The maximum Gasteiger partial charge on any atom is 0.264 e. The van der Waals surface area contributed by atoms with Crippen molar-refractivity contribution >= 4 is 27.3 Å². The lowest BCUT2D eigenvalue weighted by Gasteiger charge is -2.25. The Morgan fingerprint density at radius 3 is 2.17 bits per heavy atom. The summed E-state index contributed by atoms with van der Waals surface area (Å²) in [6.07, 6.45) is 2.40. The molecule has 1 heterocycles. The second kappa shape index (κ2) is 10.5. The maximum absolute atomic E-state index is 13.5. The van der Waals surface area contributed by atoms with Gasteiger partial charge in [-0.05, 0) is 80.8 Å². The summed E-state index contributed by atoms with van der Waals surface area (Å²) in [5.41, 5.74) is 3.22. The maximum atomic E-state index is 13.5. The number of anilines is 2. The van der Waals surface area contributed by atoms with Gasteiger partial charge in [0.25, 0.3) is 10.0 Å². The number of carbonyl (C=O) groups excluding carboxylic acids is 1. The number of hydrogen-bond donors (Lipinski definition) is 1. The predicted molar refractivity (Wildman–Crippen MR) is 137 cm³/mol. The molecule has 0 aliphatic carbocycles. The van der Waals surface area contributed by atoms with Crippen LogP contribution >= 0.6 is 0 Å². The first-order chi connectivity index (χ1) is 16.7. The number of rotatable bonds is 8. The van der Waals surface area contributed by atoms with Crippen molar-refractivity contribution in [3.05, 3.63) is 89.7 Å². The van der Waals surface area contributed by atoms with Crippen LogP contribution < -0.4 is 14.5 Å². The molecule has 0 aromatic heterocycles. The zero-order valence-corrected chi connectivity index (χ0v) is 20.8. The summed E-state index contributed by atoms with van der Waals surface area (Å²) in [6.45, 7) is 5.40. The molecule has 8 heteroatoms. The molecule has 184 valence electrons. The minimum Gasteiger partial charge on any atom is -0.372 e. The Morgan fingerprint density at radius 2 is 1.57 bits per heavy atom. The molecule has 1 unspecified atom stereocenters. The van der Waals surface area contributed by atoms with Gasteiger partial charge in [0, 0.05) is 18.8 Å². The average molecular weight is 496 g/mol. The van der Waals surface area contributed by atoms with Crippen LogP contribution in [0.4, 0.5) is 15.8 Å². The summed E-state index contributed by atoms with van der Waals surface area (Å²) in [5, 5.41) is 2.90. The molecule has 0 spiro atoms. The van der Waals surface area contributed by atoms with Gasteiger partial charge in [-0.3, -0.25) is 9.10 Å². The lowest BCUT2D eigenvalue weighted by molar-refractivity contribution is -0.120. The third-order valence-electron chi connectivity index (χ3n) is 6.25. The molecule has 6 nitrogen and oxygen atoms in total. The molecule has 4 rings (SSSR count). The number of carbonyl (C=O) groups is 1. The SMILES string of the molecule is Cc1ccc(S(=O)(=O)N(CC(=O)NC(C)c2ccc(N3CCCC3)cc2)c2ccc(F)cc2)cc1. The molecule has 1 fully saturated rings. The predicted octanol–water partition coefficient (Wildman–Crippen LogP) is 4.81. The molecule has 0 radical (unpaired) electrons. The second-order valence-corrected chi connectivity index (χ2v) is 10.7. The molecular weight excluding hydrogens is 465 g/mol. The average Bonchev–Trinajstić information content (AvgIpc) is 3.39. The van der Waals surface area contributed by atoms with E-state index < -0.39 is 28.3 Å². The van der Waals surface area contributed by atoms with Gasteiger partial charge in [-0.25, -0.2) is 12.8 Å². The van der Waals surface area contributed by atoms with Gasteiger partial charge in [0.05, 0.1) is 16.6 Å². The van der Waals surface area contributed by atoms with Crippen molar-refractivity contribution in [3.8, 4) is 0 Å². The van der Waals surface area contributed by atoms with Crippen LogP contribution in [0.15, 0.2) is 77.7 Å². The number of sulfonamides is 1. The number of nitrogens with one attached hydrogen (secondary N) is 1. The second-order valence-electron chi connectivity index (χ2n) is 8.88. The number of nitrogens with zero attached hydrogens (tertiary/aromatic N) is 2. The van der Waals surface area contributed by atoms with Crippen LogP contribution in [0, 0.1) is 12.7 Å². The van der Waals surface area contributed by atoms with E-state index in [9.17, 15) is 17.6 Å². The van der Waals surface area contributed by atoms with Gasteiger partial charge in [0.2, 0.25) is 5.91 Å². The topological polar surface area (TPSA) is 69.7 Å². The zero-order valence-electron chi connectivity index (χ0n) is 19.9. The van der Waals surface area contributed by atoms with Crippen LogP contribution in [-0.2, 0) is 14.8 Å². The molecule has 1 amide bonds. The Labute approximate surface area is 206 Å². The quantitative estimate of drug-likeness (QED) is 0.487. The molecule has 1 N–H and O–H groups in total. The van der Waals surface area contributed by atoms with E-state index in [4.69, 9.17) is 0 Å². The van der Waals surface area contributed by atoms with Crippen LogP contribution in [0.25, 0.3) is 0 Å². The first-order valence-electron chi connectivity index (χ1n) is 11.7. The molecular formula is C27H30FN3O3S. The summed E-state index contributed by atoms with van der Waals surface area (Å²) in [4.78, 5) is 15.4. The van der Waals surface area contributed by atoms with Crippen molar-refractivity contribution in [2.45, 2.75) is 37.6 Å². The van der Waals surface area contributed by atoms with E-state index in [2.05, 4.69) is 22.3 Å². The number of aryl methyl sites for hydroxylation is 1. The van der Waals surface area contributed by atoms with E-state index in [0.717, 1.165) is 34.2 Å². The van der Waals surface area contributed by atoms with Gasteiger partial charge >= 0.3 is 0 Å². The Kier molecular flexibility index (Phi) is 7.40. The van der Waals surface area contributed by atoms with Gasteiger partial charge in [-0.2, -0.15) is 0 Å². The van der Waals surface area contributed by atoms with Crippen molar-refractivity contribution in [2.24, 2.45) is 0 Å². The summed E-state index contributed by atoms with van der Waals surface area (Å²) >= 11 is 0. The summed E-state index contributed by atoms with van der Waals surface area (Å²) in [7, 11) is -4.05. The van der Waals surface area contributed by atoms with E-state index in [0.29, 0.717) is 0 Å². The van der Waals surface area contributed by atoms with E-state index in [-0.39, 0.29) is 16.6 Å². The summed E-state index contributed by atoms with van der Waals surface area (Å²) in [5.74, 6) is -0.946. The number of hydrogen-bond acceptors (Lipinski definition) is 4. The fraction of sp³-hybridized carbons (Fsp3) is 0.296. The molecule has 1 saturated heterocycles. The van der Waals surface area contributed by atoms with E-state index in [1.807, 2.05) is 26.0 Å². The number of halogens is 1. The van der Waals surface area contributed by atoms with Crippen molar-refractivity contribution in [1.82, 2.24) is 5.32 Å². The summed E-state index contributed by atoms with van der Waals surface area (Å²) in [6, 6.07) is 19.2. The van der Waals surface area contributed by atoms with Gasteiger partial charge in [0.1, 0.15) is 12.4 Å². The minimum atomic E-state index is -4.05. The lowest BCUT2D eigenvalue weighted by atomic mass is 10.1. The van der Waals surface area contributed by atoms with Crippen LogP contribution in [0.5, 0.6) is 0 Å². The van der Waals surface area contributed by atoms with Crippen LogP contribution in [-0.4, -0.2) is 34.0 Å². The van der Waals surface area contributed by atoms with Crippen LogP contribution in [0.2, 0.25) is 0 Å². The van der Waals surface area contributed by atoms with E-state index in [1.165, 1.54) is 49.2 Å².